The Labute approximate surface area is 83.9 Å². The third kappa shape index (κ3) is 3.25. The van der Waals surface area contributed by atoms with Gasteiger partial charge in [0.2, 0.25) is 0 Å². The number of methoxy groups -OCH3 is 1. The second-order valence-corrected chi connectivity index (χ2v) is 3.39. The monoisotopic (exact) mass is 199 g/mol. The second-order valence-electron chi connectivity index (χ2n) is 2.98. The number of hydrogen-bond acceptors (Lipinski definition) is 2. The largest absolute Gasteiger partial charge is 0.383 e. The summed E-state index contributed by atoms with van der Waals surface area (Å²) < 4.78 is 5.01. The fraction of sp³-hybridized carbons (Fsp3) is 0.400. The maximum Gasteiger partial charge on any atom is 0.0661 e. The van der Waals surface area contributed by atoms with Gasteiger partial charge in [0.05, 0.1) is 17.3 Å². The molecule has 0 aromatic heterocycles. The maximum atomic E-state index is 5.97. The molecule has 0 saturated carbocycles. The first-order valence-electron chi connectivity index (χ1n) is 4.24. The molecule has 13 heavy (non-hydrogen) atoms. The lowest BCUT2D eigenvalue weighted by atomic mass is 10.3. The van der Waals surface area contributed by atoms with Crippen LogP contribution in [0, 0.1) is 0 Å². The van der Waals surface area contributed by atoms with Gasteiger partial charge in [-0.3, -0.25) is 0 Å². The van der Waals surface area contributed by atoms with Crippen molar-refractivity contribution in [3.8, 4) is 0 Å². The molecule has 0 bridgehead atoms. The van der Waals surface area contributed by atoms with Crippen molar-refractivity contribution in [3.05, 3.63) is 29.3 Å². The van der Waals surface area contributed by atoms with Crippen LogP contribution in [0.4, 0.5) is 5.69 Å². The number of nitrogens with one attached hydrogen (secondary N) is 1. The quantitative estimate of drug-likeness (QED) is 0.805. The lowest BCUT2D eigenvalue weighted by Crippen LogP contribution is -2.20. The lowest BCUT2D eigenvalue weighted by molar-refractivity contribution is 0.190. The first kappa shape index (κ1) is 10.4. The van der Waals surface area contributed by atoms with Crippen molar-refractivity contribution >= 4 is 17.3 Å². The van der Waals surface area contributed by atoms with Crippen molar-refractivity contribution < 1.29 is 4.74 Å². The van der Waals surface area contributed by atoms with Crippen molar-refractivity contribution in [1.29, 1.82) is 0 Å². The summed E-state index contributed by atoms with van der Waals surface area (Å²) in [4.78, 5) is 0. The fourth-order valence-corrected chi connectivity index (χ4v) is 1.33. The van der Waals surface area contributed by atoms with Crippen LogP contribution < -0.4 is 5.32 Å². The van der Waals surface area contributed by atoms with Gasteiger partial charge in [-0.1, -0.05) is 23.7 Å². The number of benzene rings is 1. The van der Waals surface area contributed by atoms with Gasteiger partial charge in [0, 0.05) is 13.2 Å². The summed E-state index contributed by atoms with van der Waals surface area (Å²) in [6, 6.07) is 7.95. The summed E-state index contributed by atoms with van der Waals surface area (Å²) in [5, 5.41) is 4.00. The van der Waals surface area contributed by atoms with Crippen LogP contribution in [0.5, 0.6) is 0 Å². The summed E-state index contributed by atoms with van der Waals surface area (Å²) in [5.41, 5.74) is 0.953. The maximum absolute atomic E-state index is 5.97. The lowest BCUT2D eigenvalue weighted by Gasteiger charge is -2.14. The topological polar surface area (TPSA) is 21.3 Å². The van der Waals surface area contributed by atoms with Gasteiger partial charge < -0.3 is 10.1 Å². The molecule has 1 aromatic carbocycles. The first-order chi connectivity index (χ1) is 6.24. The van der Waals surface area contributed by atoms with E-state index < -0.39 is 0 Å². The highest BCUT2D eigenvalue weighted by molar-refractivity contribution is 6.33. The van der Waals surface area contributed by atoms with Crippen LogP contribution >= 0.6 is 11.6 Å². The van der Waals surface area contributed by atoms with E-state index in [9.17, 15) is 0 Å². The zero-order valence-electron chi connectivity index (χ0n) is 7.88. The molecule has 0 aliphatic rings. The van der Waals surface area contributed by atoms with E-state index in [2.05, 4.69) is 5.32 Å². The van der Waals surface area contributed by atoms with Crippen molar-refractivity contribution in [3.63, 3.8) is 0 Å². The van der Waals surface area contributed by atoms with Gasteiger partial charge in [-0.05, 0) is 19.1 Å². The van der Waals surface area contributed by atoms with E-state index >= 15 is 0 Å². The van der Waals surface area contributed by atoms with E-state index in [4.69, 9.17) is 16.3 Å². The highest BCUT2D eigenvalue weighted by Gasteiger charge is 2.03. The first-order valence-corrected chi connectivity index (χ1v) is 4.62. The molecular formula is C10H14ClNO. The zero-order valence-corrected chi connectivity index (χ0v) is 8.64. The van der Waals surface area contributed by atoms with Gasteiger partial charge in [0.1, 0.15) is 0 Å². The Morgan fingerprint density at radius 2 is 2.15 bits per heavy atom. The summed E-state index contributed by atoms with van der Waals surface area (Å²) in [6.07, 6.45) is 0. The van der Waals surface area contributed by atoms with E-state index in [1.54, 1.807) is 7.11 Å². The number of para-hydroxylation sites is 1. The molecule has 1 N–H and O–H groups in total. The molecule has 3 heteroatoms. The number of rotatable bonds is 4. The van der Waals surface area contributed by atoms with Gasteiger partial charge in [-0.15, -0.1) is 0 Å². The molecule has 2 nitrogen and oxygen atoms in total. The fourth-order valence-electron chi connectivity index (χ4n) is 1.14. The number of halogens is 1. The highest BCUT2D eigenvalue weighted by Crippen LogP contribution is 2.20. The average Bonchev–Trinajstić information content (AvgIpc) is 2.09. The van der Waals surface area contributed by atoms with Gasteiger partial charge in [0.15, 0.2) is 0 Å². The van der Waals surface area contributed by atoms with Gasteiger partial charge in [-0.2, -0.15) is 0 Å². The average molecular weight is 200 g/mol. The third-order valence-electron chi connectivity index (χ3n) is 1.69. The van der Waals surface area contributed by atoms with Crippen LogP contribution in [0.1, 0.15) is 6.92 Å². The van der Waals surface area contributed by atoms with Gasteiger partial charge in [-0.25, -0.2) is 0 Å². The minimum Gasteiger partial charge on any atom is -0.383 e. The predicted octanol–water partition coefficient (Wildman–Crippen LogP) is 2.79. The third-order valence-corrected chi connectivity index (χ3v) is 2.02. The molecule has 0 saturated heterocycles. The molecule has 0 aliphatic carbocycles. The van der Waals surface area contributed by atoms with Gasteiger partial charge in [0.25, 0.3) is 0 Å². The Hall–Kier alpha value is -0.730. The van der Waals surface area contributed by atoms with Crippen molar-refractivity contribution in [2.75, 3.05) is 19.0 Å². The number of ether oxygens (including phenoxy) is 1. The molecule has 0 aliphatic heterocycles. The highest BCUT2D eigenvalue weighted by atomic mass is 35.5. The van der Waals surface area contributed by atoms with E-state index in [-0.39, 0.29) is 6.04 Å². The molecule has 0 fully saturated rings. The normalized spacial score (nSPS) is 12.5. The Morgan fingerprint density at radius 3 is 2.77 bits per heavy atom. The molecular weight excluding hydrogens is 186 g/mol. The molecule has 1 rings (SSSR count). The molecule has 0 amide bonds. The molecule has 1 aromatic rings. The van der Waals surface area contributed by atoms with Crippen molar-refractivity contribution in [1.82, 2.24) is 0 Å². The molecule has 0 heterocycles. The summed E-state index contributed by atoms with van der Waals surface area (Å²) in [5.74, 6) is 0. The van der Waals surface area contributed by atoms with Crippen LogP contribution in [0.2, 0.25) is 5.02 Å². The predicted molar refractivity (Wildman–Crippen MR) is 56.4 cm³/mol. The second kappa shape index (κ2) is 5.10. The summed E-state index contributed by atoms with van der Waals surface area (Å²) >= 11 is 5.97. The Bertz CT molecular complexity index is 265. The standard InChI is InChI=1S/C10H14ClNO/c1-8(7-13-2)12-10-6-4-3-5-9(10)11/h3-6,8,12H,7H2,1-2H3. The molecule has 0 spiro atoms. The van der Waals surface area contributed by atoms with E-state index in [0.29, 0.717) is 6.61 Å². The van der Waals surface area contributed by atoms with Crippen LogP contribution in [0.15, 0.2) is 24.3 Å². The Morgan fingerprint density at radius 1 is 1.46 bits per heavy atom. The SMILES string of the molecule is COCC(C)Nc1ccccc1Cl. The minimum atomic E-state index is 0.268. The molecule has 72 valence electrons. The van der Waals surface area contributed by atoms with E-state index in [1.165, 1.54) is 0 Å². The van der Waals surface area contributed by atoms with Crippen LogP contribution in [0.25, 0.3) is 0 Å². The smallest absolute Gasteiger partial charge is 0.0661 e. The molecule has 1 unspecified atom stereocenters. The Balaban J connectivity index is 2.58. The molecule has 1 atom stereocenters. The Kier molecular flexibility index (Phi) is 4.06. The van der Waals surface area contributed by atoms with Gasteiger partial charge >= 0.3 is 0 Å². The number of hydrogen-bond donors (Lipinski definition) is 1. The van der Waals surface area contributed by atoms with E-state index in [0.717, 1.165) is 10.7 Å². The van der Waals surface area contributed by atoms with Crippen LogP contribution in [-0.4, -0.2) is 19.8 Å². The van der Waals surface area contributed by atoms with Crippen LogP contribution in [0.3, 0.4) is 0 Å². The minimum absolute atomic E-state index is 0.268. The number of anilines is 1. The summed E-state index contributed by atoms with van der Waals surface area (Å²) in [6.45, 7) is 2.72. The summed E-state index contributed by atoms with van der Waals surface area (Å²) in [7, 11) is 1.69. The zero-order chi connectivity index (χ0) is 9.68. The molecule has 0 radical (unpaired) electrons. The van der Waals surface area contributed by atoms with E-state index in [1.807, 2.05) is 31.2 Å². The van der Waals surface area contributed by atoms with Crippen molar-refractivity contribution in [2.24, 2.45) is 0 Å². The van der Waals surface area contributed by atoms with Crippen LogP contribution in [-0.2, 0) is 4.74 Å². The van der Waals surface area contributed by atoms with Crippen molar-refractivity contribution in [2.45, 2.75) is 13.0 Å².